The van der Waals surface area contributed by atoms with E-state index in [0.29, 0.717) is 0 Å². The molecule has 1 rings (SSSR count). The lowest BCUT2D eigenvalue weighted by Gasteiger charge is -2.16. The van der Waals surface area contributed by atoms with E-state index in [1.807, 2.05) is 37.1 Å². The van der Waals surface area contributed by atoms with Crippen LogP contribution in [0.15, 0.2) is 18.2 Å². The number of terminal acetylenes is 1. The van der Waals surface area contributed by atoms with Gasteiger partial charge in [-0.1, -0.05) is 6.42 Å². The van der Waals surface area contributed by atoms with E-state index in [1.54, 1.807) is 14.2 Å². The standard InChI is InChI=1S/C17H25N2O2/c1-8-19(13(2)3)14(4)18(5)12-15-9-16(20-6)11-17(10-15)21-7/h1,9-11,13H,12H2,2-7H3/q+1. The number of rotatable bonds is 5. The molecule has 0 saturated heterocycles. The smallest absolute Gasteiger partial charge is 0.257 e. The summed E-state index contributed by atoms with van der Waals surface area (Å²) >= 11 is 0. The molecule has 1 aromatic carbocycles. The number of hydrogen-bond acceptors (Lipinski definition) is 2. The van der Waals surface area contributed by atoms with Crippen molar-refractivity contribution in [1.82, 2.24) is 4.90 Å². The minimum Gasteiger partial charge on any atom is -0.497 e. The molecule has 0 bridgehead atoms. The number of benzene rings is 1. The Labute approximate surface area is 128 Å². The van der Waals surface area contributed by atoms with Gasteiger partial charge in [-0.15, -0.1) is 0 Å². The van der Waals surface area contributed by atoms with E-state index >= 15 is 0 Å². The fourth-order valence-corrected chi connectivity index (χ4v) is 2.15. The molecule has 0 heterocycles. The number of amidine groups is 1. The molecule has 0 spiro atoms. The van der Waals surface area contributed by atoms with E-state index in [0.717, 1.165) is 29.4 Å². The highest BCUT2D eigenvalue weighted by Gasteiger charge is 2.18. The zero-order valence-corrected chi connectivity index (χ0v) is 13.8. The maximum atomic E-state index is 5.59. The van der Waals surface area contributed by atoms with Crippen molar-refractivity contribution in [2.24, 2.45) is 0 Å². The van der Waals surface area contributed by atoms with Crippen LogP contribution < -0.4 is 9.47 Å². The molecule has 0 aliphatic rings. The Hall–Kier alpha value is -2.15. The van der Waals surface area contributed by atoms with E-state index in [4.69, 9.17) is 15.9 Å². The van der Waals surface area contributed by atoms with Gasteiger partial charge in [0, 0.05) is 18.6 Å². The van der Waals surface area contributed by atoms with Gasteiger partial charge in [0.15, 0.2) is 0 Å². The molecule has 4 heteroatoms. The molecule has 0 aromatic heterocycles. The number of methoxy groups -OCH3 is 2. The molecule has 21 heavy (non-hydrogen) atoms. The second-order valence-corrected chi connectivity index (χ2v) is 5.22. The van der Waals surface area contributed by atoms with Crippen molar-refractivity contribution < 1.29 is 14.0 Å². The zero-order chi connectivity index (χ0) is 16.0. The van der Waals surface area contributed by atoms with Crippen molar-refractivity contribution in [3.05, 3.63) is 23.8 Å². The predicted octanol–water partition coefficient (Wildman–Crippen LogP) is 2.57. The van der Waals surface area contributed by atoms with Gasteiger partial charge in [-0.05, 0) is 26.0 Å². The van der Waals surface area contributed by atoms with Crippen LogP contribution >= 0.6 is 0 Å². The number of nitrogens with zero attached hydrogens (tertiary/aromatic N) is 2. The van der Waals surface area contributed by atoms with Gasteiger partial charge >= 0.3 is 0 Å². The topological polar surface area (TPSA) is 24.7 Å². The summed E-state index contributed by atoms with van der Waals surface area (Å²) in [5.74, 6) is 2.61. The first-order chi connectivity index (χ1) is 9.92. The summed E-state index contributed by atoms with van der Waals surface area (Å²) in [6, 6.07) is 8.85. The molecule has 114 valence electrons. The molecule has 0 amide bonds. The van der Waals surface area contributed by atoms with Crippen LogP contribution in [0.3, 0.4) is 0 Å². The monoisotopic (exact) mass is 289 g/mol. The molecule has 0 radical (unpaired) electrons. The van der Waals surface area contributed by atoms with Gasteiger partial charge in [-0.2, -0.15) is 4.90 Å². The van der Waals surface area contributed by atoms with Crippen molar-refractivity contribution in [3.63, 3.8) is 0 Å². The zero-order valence-electron chi connectivity index (χ0n) is 13.8. The summed E-state index contributed by atoms with van der Waals surface area (Å²) in [4.78, 5) is 1.91. The number of hydrogen-bond donors (Lipinski definition) is 0. The lowest BCUT2D eigenvalue weighted by Crippen LogP contribution is -2.36. The van der Waals surface area contributed by atoms with Gasteiger partial charge < -0.3 is 9.47 Å². The van der Waals surface area contributed by atoms with Crippen molar-refractivity contribution in [2.75, 3.05) is 21.3 Å². The molecule has 1 aromatic rings. The fraction of sp³-hybridized carbons (Fsp3) is 0.471. The van der Waals surface area contributed by atoms with Crippen LogP contribution in [-0.2, 0) is 6.54 Å². The third kappa shape index (κ3) is 4.42. The van der Waals surface area contributed by atoms with E-state index in [1.165, 1.54) is 0 Å². The Balaban J connectivity index is 3.07. The third-order valence-corrected chi connectivity index (χ3v) is 3.39. The molecule has 4 nitrogen and oxygen atoms in total. The minimum atomic E-state index is 0.261. The average molecular weight is 289 g/mol. The lowest BCUT2D eigenvalue weighted by molar-refractivity contribution is -0.519. The molecular formula is C17H25N2O2+. The Kier molecular flexibility index (Phi) is 6.10. The number of ether oxygens (including phenoxy) is 2. The van der Waals surface area contributed by atoms with E-state index in [-0.39, 0.29) is 6.04 Å². The maximum absolute atomic E-state index is 5.59. The first kappa shape index (κ1) is 16.9. The SMILES string of the molecule is C#CN(C(C)=[N+](C)Cc1cc(OC)cc(OC)c1)C(C)C. The summed E-state index contributed by atoms with van der Waals surface area (Å²) in [6.07, 6.45) is 5.59. The average Bonchev–Trinajstić information content (AvgIpc) is 2.46. The fourth-order valence-electron chi connectivity index (χ4n) is 2.15. The van der Waals surface area contributed by atoms with Crippen molar-refractivity contribution in [3.8, 4) is 24.0 Å². The van der Waals surface area contributed by atoms with E-state index in [9.17, 15) is 0 Å². The Morgan fingerprint density at radius 1 is 1.24 bits per heavy atom. The highest BCUT2D eigenvalue weighted by Crippen LogP contribution is 2.22. The Bertz CT molecular complexity index is 534. The molecule has 0 saturated carbocycles. The van der Waals surface area contributed by atoms with Crippen LogP contribution in [0.4, 0.5) is 0 Å². The summed E-state index contributed by atoms with van der Waals surface area (Å²) in [5, 5.41) is 0. The first-order valence-corrected chi connectivity index (χ1v) is 6.95. The minimum absolute atomic E-state index is 0.261. The van der Waals surface area contributed by atoms with Gasteiger partial charge in [0.2, 0.25) is 0 Å². The molecule has 0 aliphatic heterocycles. The van der Waals surface area contributed by atoms with Crippen LogP contribution in [0.2, 0.25) is 0 Å². The maximum Gasteiger partial charge on any atom is 0.257 e. The van der Waals surface area contributed by atoms with Crippen LogP contribution in [0.25, 0.3) is 0 Å². The van der Waals surface area contributed by atoms with Crippen LogP contribution in [0.1, 0.15) is 26.3 Å². The molecule has 0 unspecified atom stereocenters. The van der Waals surface area contributed by atoms with Crippen molar-refractivity contribution >= 4 is 5.84 Å². The second-order valence-electron chi connectivity index (χ2n) is 5.22. The molecular weight excluding hydrogens is 264 g/mol. The summed E-state index contributed by atoms with van der Waals surface area (Å²) in [6.45, 7) is 6.90. The Morgan fingerprint density at radius 2 is 1.76 bits per heavy atom. The van der Waals surface area contributed by atoms with Crippen LogP contribution in [-0.4, -0.2) is 42.6 Å². The largest absolute Gasteiger partial charge is 0.497 e. The summed E-state index contributed by atoms with van der Waals surface area (Å²) in [5.41, 5.74) is 1.11. The second kappa shape index (κ2) is 7.58. The van der Waals surface area contributed by atoms with Gasteiger partial charge in [-0.3, -0.25) is 4.58 Å². The molecule has 0 fully saturated rings. The molecule has 0 aliphatic carbocycles. The van der Waals surface area contributed by atoms with Gasteiger partial charge in [0.1, 0.15) is 30.1 Å². The Morgan fingerprint density at radius 3 is 2.14 bits per heavy atom. The van der Waals surface area contributed by atoms with Crippen molar-refractivity contribution in [1.29, 1.82) is 0 Å². The van der Waals surface area contributed by atoms with Crippen molar-refractivity contribution in [2.45, 2.75) is 33.4 Å². The first-order valence-electron chi connectivity index (χ1n) is 6.95. The van der Waals surface area contributed by atoms with Gasteiger partial charge in [0.25, 0.3) is 5.84 Å². The highest BCUT2D eigenvalue weighted by atomic mass is 16.5. The molecule has 0 atom stereocenters. The highest BCUT2D eigenvalue weighted by molar-refractivity contribution is 5.76. The van der Waals surface area contributed by atoms with Gasteiger partial charge in [0.05, 0.1) is 21.3 Å². The predicted molar refractivity (Wildman–Crippen MR) is 85.9 cm³/mol. The third-order valence-electron chi connectivity index (χ3n) is 3.39. The summed E-state index contributed by atoms with van der Waals surface area (Å²) < 4.78 is 12.7. The van der Waals surface area contributed by atoms with Gasteiger partial charge in [-0.25, -0.2) is 0 Å². The summed E-state index contributed by atoms with van der Waals surface area (Å²) in [7, 11) is 5.32. The van der Waals surface area contributed by atoms with E-state index in [2.05, 4.69) is 24.5 Å². The van der Waals surface area contributed by atoms with E-state index < -0.39 is 0 Å². The van der Waals surface area contributed by atoms with Crippen LogP contribution in [0.5, 0.6) is 11.5 Å². The lowest BCUT2D eigenvalue weighted by atomic mass is 10.2. The van der Waals surface area contributed by atoms with Crippen LogP contribution in [0, 0.1) is 12.5 Å². The molecule has 0 N–H and O–H groups in total. The normalized spacial score (nSPS) is 11.7. The quantitative estimate of drug-likeness (QED) is 0.274.